The number of nitrogens with zero attached hydrogens (tertiary/aromatic N) is 2. The van der Waals surface area contributed by atoms with Gasteiger partial charge in [0, 0.05) is 19.6 Å². The smallest absolute Gasteiger partial charge is 0.329 e. The molecule has 1 aromatic carbocycles. The van der Waals surface area contributed by atoms with Crippen molar-refractivity contribution in [3.63, 3.8) is 0 Å². The van der Waals surface area contributed by atoms with Crippen LogP contribution in [-0.2, 0) is 4.79 Å². The summed E-state index contributed by atoms with van der Waals surface area (Å²) in [5, 5.41) is 2.55. The van der Waals surface area contributed by atoms with E-state index in [-0.39, 0.29) is 17.4 Å². The molecule has 0 spiro atoms. The second-order valence-corrected chi connectivity index (χ2v) is 6.20. The highest BCUT2D eigenvalue weighted by atomic mass is 19.1. The average molecular weight is 331 g/mol. The van der Waals surface area contributed by atoms with Crippen LogP contribution in [0.2, 0.25) is 0 Å². The molecule has 0 unspecified atom stereocenters. The van der Waals surface area contributed by atoms with Gasteiger partial charge in [-0.1, -0.05) is 13.0 Å². The zero-order valence-corrected chi connectivity index (χ0v) is 13.8. The summed E-state index contributed by atoms with van der Waals surface area (Å²) in [6.07, 6.45) is 5.58. The van der Waals surface area contributed by atoms with Gasteiger partial charge in [0.15, 0.2) is 0 Å². The van der Waals surface area contributed by atoms with E-state index < -0.39 is 6.03 Å². The monoisotopic (exact) mass is 331 g/mol. The van der Waals surface area contributed by atoms with Gasteiger partial charge in [-0.3, -0.25) is 9.69 Å². The van der Waals surface area contributed by atoms with E-state index >= 15 is 0 Å². The van der Waals surface area contributed by atoms with Crippen LogP contribution in [0.5, 0.6) is 0 Å². The molecule has 1 N–H and O–H groups in total. The Hall–Kier alpha value is -2.37. The molecule has 2 saturated heterocycles. The molecule has 2 aliphatic rings. The summed E-state index contributed by atoms with van der Waals surface area (Å²) in [6.45, 7) is 4.02. The van der Waals surface area contributed by atoms with Crippen molar-refractivity contribution >= 4 is 23.7 Å². The van der Waals surface area contributed by atoms with Gasteiger partial charge in [-0.15, -0.1) is 0 Å². The number of halogens is 1. The molecule has 3 rings (SSSR count). The molecule has 3 amide bonds. The number of amides is 3. The fourth-order valence-electron chi connectivity index (χ4n) is 3.17. The van der Waals surface area contributed by atoms with E-state index in [0.29, 0.717) is 24.2 Å². The molecule has 2 fully saturated rings. The maximum Gasteiger partial charge on any atom is 0.329 e. The highest BCUT2D eigenvalue weighted by Gasteiger charge is 2.32. The summed E-state index contributed by atoms with van der Waals surface area (Å²) in [5.41, 5.74) is 1.36. The number of piperidine rings is 1. The summed E-state index contributed by atoms with van der Waals surface area (Å²) in [4.78, 5) is 27.2. The fraction of sp³-hybridized carbons (Fsp3) is 0.444. The molecule has 1 aromatic rings. The quantitative estimate of drug-likeness (QED) is 0.681. The van der Waals surface area contributed by atoms with Crippen molar-refractivity contribution in [2.75, 3.05) is 24.5 Å². The highest BCUT2D eigenvalue weighted by molar-refractivity contribution is 6.13. The Bertz CT molecular complexity index is 681. The first-order valence-electron chi connectivity index (χ1n) is 8.49. The number of benzene rings is 1. The van der Waals surface area contributed by atoms with Crippen LogP contribution in [0.15, 0.2) is 23.9 Å². The molecule has 2 heterocycles. The lowest BCUT2D eigenvalue weighted by Crippen LogP contribution is -2.31. The maximum atomic E-state index is 14.4. The Labute approximate surface area is 141 Å². The highest BCUT2D eigenvalue weighted by Crippen LogP contribution is 2.25. The predicted octanol–water partition coefficient (Wildman–Crippen LogP) is 3.12. The van der Waals surface area contributed by atoms with Gasteiger partial charge in [-0.2, -0.15) is 0 Å². The third-order valence-electron chi connectivity index (χ3n) is 4.39. The van der Waals surface area contributed by atoms with Crippen LogP contribution in [0.4, 0.5) is 14.9 Å². The number of carbonyl (C=O) groups is 2. The van der Waals surface area contributed by atoms with Crippen LogP contribution >= 0.6 is 0 Å². The predicted molar refractivity (Wildman–Crippen MR) is 91.0 cm³/mol. The van der Waals surface area contributed by atoms with E-state index in [2.05, 4.69) is 10.2 Å². The first-order valence-corrected chi connectivity index (χ1v) is 8.49. The number of rotatable bonds is 4. The van der Waals surface area contributed by atoms with Crippen LogP contribution < -0.4 is 10.2 Å². The molecule has 2 aliphatic heterocycles. The minimum Gasteiger partial charge on any atom is -0.369 e. The van der Waals surface area contributed by atoms with E-state index in [1.807, 2.05) is 6.92 Å². The van der Waals surface area contributed by atoms with Crippen molar-refractivity contribution in [3.8, 4) is 0 Å². The van der Waals surface area contributed by atoms with Crippen molar-refractivity contribution in [1.29, 1.82) is 0 Å². The topological polar surface area (TPSA) is 52.7 Å². The third kappa shape index (κ3) is 3.27. The van der Waals surface area contributed by atoms with Gasteiger partial charge in [0.1, 0.15) is 11.5 Å². The molecule has 0 aromatic heterocycles. The first-order chi connectivity index (χ1) is 11.6. The van der Waals surface area contributed by atoms with Crippen molar-refractivity contribution in [2.45, 2.75) is 32.6 Å². The number of anilines is 1. The lowest BCUT2D eigenvalue weighted by Gasteiger charge is -2.29. The molecule has 24 heavy (non-hydrogen) atoms. The minimum atomic E-state index is -0.418. The molecule has 0 saturated carbocycles. The Kier molecular flexibility index (Phi) is 4.83. The summed E-state index contributed by atoms with van der Waals surface area (Å²) < 4.78 is 14.4. The van der Waals surface area contributed by atoms with Gasteiger partial charge >= 0.3 is 6.03 Å². The standard InChI is InChI=1S/C18H22FN3O2/c1-2-8-22-17(23)15(20-18(22)24)12-13-6-7-16(14(19)11-13)21-9-4-3-5-10-21/h6-7,11-12H,2-5,8-10H2,1H3,(H,20,24)/b15-12+. The van der Waals surface area contributed by atoms with E-state index in [0.717, 1.165) is 25.9 Å². The lowest BCUT2D eigenvalue weighted by atomic mass is 10.1. The second-order valence-electron chi connectivity index (χ2n) is 6.20. The van der Waals surface area contributed by atoms with Gasteiger partial charge in [0.2, 0.25) is 0 Å². The summed E-state index contributed by atoms with van der Waals surface area (Å²) in [7, 11) is 0. The molecule has 0 aliphatic carbocycles. The fourth-order valence-corrected chi connectivity index (χ4v) is 3.17. The molecule has 128 valence electrons. The summed E-state index contributed by atoms with van der Waals surface area (Å²) >= 11 is 0. The molecule has 0 radical (unpaired) electrons. The number of urea groups is 1. The zero-order chi connectivity index (χ0) is 17.1. The Morgan fingerprint density at radius 3 is 2.62 bits per heavy atom. The largest absolute Gasteiger partial charge is 0.369 e. The number of carbonyl (C=O) groups excluding carboxylic acids is 2. The van der Waals surface area contributed by atoms with E-state index in [1.54, 1.807) is 12.1 Å². The van der Waals surface area contributed by atoms with Crippen LogP contribution in [0.25, 0.3) is 6.08 Å². The SMILES string of the molecule is CCCN1C(=O)N/C(=C/c2ccc(N3CCCCC3)c(F)c2)C1=O. The lowest BCUT2D eigenvalue weighted by molar-refractivity contribution is -0.122. The van der Waals surface area contributed by atoms with Gasteiger partial charge in [-0.05, 0) is 49.5 Å². The maximum absolute atomic E-state index is 14.4. The van der Waals surface area contributed by atoms with Crippen LogP contribution in [0, 0.1) is 5.82 Å². The van der Waals surface area contributed by atoms with Crippen molar-refractivity contribution < 1.29 is 14.0 Å². The molecular weight excluding hydrogens is 309 g/mol. The van der Waals surface area contributed by atoms with Gasteiger partial charge < -0.3 is 10.2 Å². The minimum absolute atomic E-state index is 0.193. The van der Waals surface area contributed by atoms with Gasteiger partial charge in [0.05, 0.1) is 5.69 Å². The Morgan fingerprint density at radius 2 is 1.96 bits per heavy atom. The van der Waals surface area contributed by atoms with Crippen LogP contribution in [0.3, 0.4) is 0 Å². The van der Waals surface area contributed by atoms with Crippen LogP contribution in [0.1, 0.15) is 38.2 Å². The number of hydrogen-bond donors (Lipinski definition) is 1. The zero-order valence-electron chi connectivity index (χ0n) is 13.8. The number of hydrogen-bond acceptors (Lipinski definition) is 3. The second kappa shape index (κ2) is 7.03. The number of imide groups is 1. The van der Waals surface area contributed by atoms with E-state index in [4.69, 9.17) is 0 Å². The molecule has 0 bridgehead atoms. The third-order valence-corrected chi connectivity index (χ3v) is 4.39. The Balaban J connectivity index is 1.79. The molecular formula is C18H22FN3O2. The molecule has 6 heteroatoms. The number of nitrogens with one attached hydrogen (secondary N) is 1. The van der Waals surface area contributed by atoms with Gasteiger partial charge in [0.25, 0.3) is 5.91 Å². The van der Waals surface area contributed by atoms with E-state index in [1.165, 1.54) is 23.5 Å². The summed E-state index contributed by atoms with van der Waals surface area (Å²) in [5.74, 6) is -0.657. The summed E-state index contributed by atoms with van der Waals surface area (Å²) in [6, 6.07) is 4.53. The first kappa shape index (κ1) is 16.5. The molecule has 0 atom stereocenters. The van der Waals surface area contributed by atoms with Gasteiger partial charge in [-0.25, -0.2) is 9.18 Å². The Morgan fingerprint density at radius 1 is 1.21 bits per heavy atom. The van der Waals surface area contributed by atoms with Crippen LogP contribution in [-0.4, -0.2) is 36.5 Å². The van der Waals surface area contributed by atoms with Crippen molar-refractivity contribution in [3.05, 3.63) is 35.3 Å². The van der Waals surface area contributed by atoms with E-state index in [9.17, 15) is 14.0 Å². The van der Waals surface area contributed by atoms with Crippen molar-refractivity contribution in [2.24, 2.45) is 0 Å². The van der Waals surface area contributed by atoms with Crippen molar-refractivity contribution in [1.82, 2.24) is 10.2 Å². The molecule has 5 nitrogen and oxygen atoms in total. The average Bonchev–Trinajstić information content (AvgIpc) is 2.84. The normalized spacial score (nSPS) is 20.0.